The zero-order valence-corrected chi connectivity index (χ0v) is 8.16. The molecule has 1 aromatic rings. The fourth-order valence-corrected chi connectivity index (χ4v) is 3.09. The van der Waals surface area contributed by atoms with Crippen LogP contribution in [0.1, 0.15) is 4.88 Å². The lowest BCUT2D eigenvalue weighted by Crippen LogP contribution is -2.13. The summed E-state index contributed by atoms with van der Waals surface area (Å²) < 4.78 is 0. The molecular weight excluding hydrogens is 190 g/mol. The summed E-state index contributed by atoms with van der Waals surface area (Å²) in [6.45, 7) is 0. The van der Waals surface area contributed by atoms with Gasteiger partial charge in [0.25, 0.3) is 0 Å². The van der Waals surface area contributed by atoms with Crippen molar-refractivity contribution in [3.63, 3.8) is 0 Å². The van der Waals surface area contributed by atoms with E-state index in [1.807, 2.05) is 11.7 Å². The van der Waals surface area contributed by atoms with Gasteiger partial charge in [-0.05, 0) is 6.42 Å². The van der Waals surface area contributed by atoms with Crippen molar-refractivity contribution in [1.82, 2.24) is 4.98 Å². The minimum atomic E-state index is 0.260. The Morgan fingerprint density at radius 3 is 3.17 bits per heavy atom. The van der Waals surface area contributed by atoms with Gasteiger partial charge in [0.1, 0.15) is 5.78 Å². The molecule has 1 aromatic heterocycles. The Morgan fingerprint density at radius 2 is 2.58 bits per heavy atom. The number of Topliss-reactive ketones (excluding diaryl/α,β-unsaturated/α-hetero) is 1. The van der Waals surface area contributed by atoms with E-state index in [-0.39, 0.29) is 5.92 Å². The Hall–Kier alpha value is -0.350. The van der Waals surface area contributed by atoms with E-state index in [2.05, 4.69) is 4.98 Å². The maximum Gasteiger partial charge on any atom is 0.146 e. The van der Waals surface area contributed by atoms with Crippen molar-refractivity contribution >= 4 is 28.9 Å². The third kappa shape index (κ3) is 1.69. The lowest BCUT2D eigenvalue weighted by atomic mass is 10.0. The zero-order valence-electron chi connectivity index (χ0n) is 6.53. The van der Waals surface area contributed by atoms with Crippen LogP contribution >= 0.6 is 23.1 Å². The van der Waals surface area contributed by atoms with Crippen LogP contribution in [0.4, 0.5) is 0 Å². The molecule has 1 atom stereocenters. The minimum absolute atomic E-state index is 0.260. The van der Waals surface area contributed by atoms with Gasteiger partial charge in [-0.2, -0.15) is 11.8 Å². The van der Waals surface area contributed by atoms with E-state index < -0.39 is 0 Å². The quantitative estimate of drug-likeness (QED) is 0.725. The van der Waals surface area contributed by atoms with Crippen molar-refractivity contribution < 1.29 is 4.79 Å². The summed E-state index contributed by atoms with van der Waals surface area (Å²) in [6, 6.07) is 0. The zero-order chi connectivity index (χ0) is 8.39. The number of thioether (sulfide) groups is 1. The summed E-state index contributed by atoms with van der Waals surface area (Å²) in [5, 5.41) is 0. The van der Waals surface area contributed by atoms with E-state index in [9.17, 15) is 4.79 Å². The van der Waals surface area contributed by atoms with Gasteiger partial charge in [-0.15, -0.1) is 11.3 Å². The summed E-state index contributed by atoms with van der Waals surface area (Å²) >= 11 is 3.39. The average Bonchev–Trinajstić information content (AvgIpc) is 2.65. The fraction of sp³-hybridized carbons (Fsp3) is 0.500. The molecule has 2 heterocycles. The monoisotopic (exact) mass is 199 g/mol. The molecule has 12 heavy (non-hydrogen) atoms. The highest BCUT2D eigenvalue weighted by Crippen LogP contribution is 2.24. The standard InChI is InChI=1S/C8H9NOS2/c10-8-4-11-3-6(8)1-7-2-9-5-12-7/h2,5-6H,1,3-4H2. The van der Waals surface area contributed by atoms with Crippen molar-refractivity contribution in [1.29, 1.82) is 0 Å². The molecule has 1 aliphatic heterocycles. The predicted molar refractivity (Wildman–Crippen MR) is 51.6 cm³/mol. The van der Waals surface area contributed by atoms with Crippen LogP contribution in [0.25, 0.3) is 0 Å². The molecule has 0 aliphatic carbocycles. The molecule has 0 amide bonds. The first-order valence-electron chi connectivity index (χ1n) is 3.84. The lowest BCUT2D eigenvalue weighted by molar-refractivity contribution is -0.119. The Labute approximate surface area is 79.4 Å². The highest BCUT2D eigenvalue weighted by molar-refractivity contribution is 8.00. The van der Waals surface area contributed by atoms with Gasteiger partial charge in [-0.25, -0.2) is 0 Å². The number of rotatable bonds is 2. The molecule has 2 nitrogen and oxygen atoms in total. The smallest absolute Gasteiger partial charge is 0.146 e. The van der Waals surface area contributed by atoms with Crippen molar-refractivity contribution in [2.75, 3.05) is 11.5 Å². The lowest BCUT2D eigenvalue weighted by Gasteiger charge is -2.02. The number of nitrogens with zero attached hydrogens (tertiary/aromatic N) is 1. The number of ketones is 1. The number of thiazole rings is 1. The summed E-state index contributed by atoms with van der Waals surface area (Å²) in [6.07, 6.45) is 2.76. The van der Waals surface area contributed by atoms with Gasteiger partial charge < -0.3 is 0 Å². The predicted octanol–water partition coefficient (Wildman–Crippen LogP) is 1.62. The maximum atomic E-state index is 11.3. The van der Waals surface area contributed by atoms with Crippen LogP contribution in [0.15, 0.2) is 11.7 Å². The molecule has 4 heteroatoms. The van der Waals surface area contributed by atoms with Gasteiger partial charge in [0.2, 0.25) is 0 Å². The number of aromatic nitrogens is 1. The minimum Gasteiger partial charge on any atom is -0.298 e. The largest absolute Gasteiger partial charge is 0.298 e. The fourth-order valence-electron chi connectivity index (χ4n) is 1.27. The summed E-state index contributed by atoms with van der Waals surface area (Å²) in [5.74, 6) is 2.38. The van der Waals surface area contributed by atoms with Gasteiger partial charge in [0.05, 0.1) is 11.3 Å². The summed E-state index contributed by atoms with van der Waals surface area (Å²) in [5.41, 5.74) is 1.82. The van der Waals surface area contributed by atoms with Crippen molar-refractivity contribution in [2.45, 2.75) is 6.42 Å². The Balaban J connectivity index is 1.99. The van der Waals surface area contributed by atoms with Gasteiger partial charge in [0.15, 0.2) is 0 Å². The van der Waals surface area contributed by atoms with Crippen LogP contribution < -0.4 is 0 Å². The molecule has 64 valence electrons. The van der Waals surface area contributed by atoms with Crippen LogP contribution in [0.5, 0.6) is 0 Å². The van der Waals surface area contributed by atoms with E-state index >= 15 is 0 Å². The van der Waals surface area contributed by atoms with Crippen molar-refractivity contribution in [3.8, 4) is 0 Å². The third-order valence-electron chi connectivity index (χ3n) is 1.95. The molecule has 1 aliphatic rings. The first-order valence-corrected chi connectivity index (χ1v) is 5.87. The number of hydrogen-bond acceptors (Lipinski definition) is 4. The summed E-state index contributed by atoms with van der Waals surface area (Å²) in [4.78, 5) is 16.5. The van der Waals surface area contributed by atoms with Crippen LogP contribution in [-0.4, -0.2) is 22.3 Å². The first-order chi connectivity index (χ1) is 5.86. The number of carbonyl (C=O) groups is 1. The summed E-state index contributed by atoms with van der Waals surface area (Å²) in [7, 11) is 0. The normalized spacial score (nSPS) is 23.3. The van der Waals surface area contributed by atoms with E-state index in [1.54, 1.807) is 23.1 Å². The topological polar surface area (TPSA) is 30.0 Å². The molecule has 0 saturated carbocycles. The van der Waals surface area contributed by atoms with Gasteiger partial charge in [-0.1, -0.05) is 0 Å². The number of hydrogen-bond donors (Lipinski definition) is 0. The Morgan fingerprint density at radius 1 is 1.67 bits per heavy atom. The van der Waals surface area contributed by atoms with Gasteiger partial charge >= 0.3 is 0 Å². The molecule has 2 rings (SSSR count). The average molecular weight is 199 g/mol. The molecular formula is C8H9NOS2. The first kappa shape index (κ1) is 8.26. The molecule has 0 radical (unpaired) electrons. The van der Waals surface area contributed by atoms with Crippen molar-refractivity contribution in [3.05, 3.63) is 16.6 Å². The van der Waals surface area contributed by atoms with E-state index in [4.69, 9.17) is 0 Å². The number of carbonyl (C=O) groups excluding carboxylic acids is 1. The highest BCUT2D eigenvalue weighted by atomic mass is 32.2. The van der Waals surface area contributed by atoms with E-state index in [0.29, 0.717) is 11.5 Å². The SMILES string of the molecule is O=C1CSCC1Cc1cncs1. The molecule has 1 unspecified atom stereocenters. The van der Waals surface area contributed by atoms with Gasteiger partial charge in [-0.3, -0.25) is 9.78 Å². The second kappa shape index (κ2) is 3.58. The van der Waals surface area contributed by atoms with Crippen LogP contribution in [0.3, 0.4) is 0 Å². The highest BCUT2D eigenvalue weighted by Gasteiger charge is 2.25. The molecule has 0 spiro atoms. The second-order valence-corrected chi connectivity index (χ2v) is 4.85. The van der Waals surface area contributed by atoms with Crippen molar-refractivity contribution in [2.24, 2.45) is 5.92 Å². The molecule has 1 fully saturated rings. The maximum absolute atomic E-state index is 11.3. The van der Waals surface area contributed by atoms with Crippen LogP contribution in [-0.2, 0) is 11.2 Å². The van der Waals surface area contributed by atoms with Crippen LogP contribution in [0, 0.1) is 5.92 Å². The Kier molecular flexibility index (Phi) is 2.46. The molecule has 0 bridgehead atoms. The molecule has 0 N–H and O–H groups in total. The molecule has 0 aromatic carbocycles. The second-order valence-electron chi connectivity index (χ2n) is 2.85. The Bertz CT molecular complexity index is 271. The van der Waals surface area contributed by atoms with E-state index in [0.717, 1.165) is 12.2 Å². The molecule has 1 saturated heterocycles. The van der Waals surface area contributed by atoms with Gasteiger partial charge in [0, 0.05) is 22.7 Å². The van der Waals surface area contributed by atoms with E-state index in [1.165, 1.54) is 4.88 Å². The van der Waals surface area contributed by atoms with Crippen LogP contribution in [0.2, 0.25) is 0 Å². The third-order valence-corrected chi connectivity index (χ3v) is 3.88.